The summed E-state index contributed by atoms with van der Waals surface area (Å²) in [5, 5.41) is 2.83. The van der Waals surface area contributed by atoms with Crippen LogP contribution in [0.25, 0.3) is 0 Å². The summed E-state index contributed by atoms with van der Waals surface area (Å²) in [6, 6.07) is 7.42. The average Bonchev–Trinajstić information content (AvgIpc) is 2.53. The predicted molar refractivity (Wildman–Crippen MR) is 96.6 cm³/mol. The second kappa shape index (κ2) is 8.37. The summed E-state index contributed by atoms with van der Waals surface area (Å²) < 4.78 is 10.8. The molecule has 1 amide bonds. The number of esters is 1. The Hall–Kier alpha value is -2.04. The Balaban J connectivity index is 1.70. The van der Waals surface area contributed by atoms with Gasteiger partial charge >= 0.3 is 12.1 Å². The van der Waals surface area contributed by atoms with Crippen LogP contribution in [0, 0.1) is 12.8 Å². The van der Waals surface area contributed by atoms with Crippen LogP contribution >= 0.6 is 0 Å². The summed E-state index contributed by atoms with van der Waals surface area (Å²) in [6.45, 7) is 8.13. The van der Waals surface area contributed by atoms with Crippen molar-refractivity contribution >= 4 is 12.1 Å². The molecule has 0 aromatic heterocycles. The number of carbonyl (C=O) groups excluding carboxylic acids is 2. The van der Waals surface area contributed by atoms with Gasteiger partial charge in [0.05, 0.1) is 5.56 Å². The number of hydrogen-bond donors (Lipinski definition) is 1. The van der Waals surface area contributed by atoms with Gasteiger partial charge in [-0.25, -0.2) is 9.59 Å². The quantitative estimate of drug-likeness (QED) is 0.828. The van der Waals surface area contributed by atoms with Gasteiger partial charge in [-0.2, -0.15) is 0 Å². The molecule has 1 aliphatic carbocycles. The van der Waals surface area contributed by atoms with Gasteiger partial charge in [0, 0.05) is 6.54 Å². The molecule has 0 unspecified atom stereocenters. The van der Waals surface area contributed by atoms with Crippen LogP contribution in [-0.4, -0.2) is 30.3 Å². The van der Waals surface area contributed by atoms with Crippen LogP contribution in [0.15, 0.2) is 24.3 Å². The van der Waals surface area contributed by atoms with E-state index < -0.39 is 5.60 Å². The van der Waals surface area contributed by atoms with Crippen molar-refractivity contribution in [2.45, 2.75) is 65.1 Å². The molecule has 0 atom stereocenters. The lowest BCUT2D eigenvalue weighted by Crippen LogP contribution is -2.36. The van der Waals surface area contributed by atoms with E-state index in [9.17, 15) is 9.59 Å². The molecule has 1 aliphatic rings. The molecule has 5 nitrogen and oxygen atoms in total. The Morgan fingerprint density at radius 3 is 2.24 bits per heavy atom. The number of amides is 1. The third-order valence-electron chi connectivity index (χ3n) is 4.29. The molecule has 1 N–H and O–H groups in total. The smallest absolute Gasteiger partial charge is 0.407 e. The second-order valence-electron chi connectivity index (χ2n) is 7.80. The summed E-state index contributed by atoms with van der Waals surface area (Å²) in [6.07, 6.45) is 3.12. The first-order chi connectivity index (χ1) is 11.7. The SMILES string of the molecule is Cc1ccc(C(=O)OC2CCC(CNC(=O)OC(C)(C)C)CC2)cc1. The number of carbonyl (C=O) groups is 2. The van der Waals surface area contributed by atoms with Gasteiger partial charge in [-0.1, -0.05) is 17.7 Å². The lowest BCUT2D eigenvalue weighted by molar-refractivity contribution is 0.0163. The molecular weight excluding hydrogens is 318 g/mol. The molecule has 1 fully saturated rings. The molecule has 5 heteroatoms. The van der Waals surface area contributed by atoms with E-state index in [0.29, 0.717) is 18.0 Å². The number of nitrogens with one attached hydrogen (secondary N) is 1. The Morgan fingerprint density at radius 2 is 1.68 bits per heavy atom. The molecule has 0 bridgehead atoms. The number of aryl methyl sites for hydroxylation is 1. The zero-order chi connectivity index (χ0) is 18.4. The fourth-order valence-electron chi connectivity index (χ4n) is 2.90. The molecule has 0 aliphatic heterocycles. The highest BCUT2D eigenvalue weighted by Crippen LogP contribution is 2.26. The lowest BCUT2D eigenvalue weighted by Gasteiger charge is -2.28. The standard InChI is InChI=1S/C20H29NO4/c1-14-5-9-16(10-6-14)18(22)24-17-11-7-15(8-12-17)13-21-19(23)25-20(2,3)4/h5-6,9-10,15,17H,7-8,11-13H2,1-4H3,(H,21,23). The van der Waals surface area contributed by atoms with Gasteiger partial charge < -0.3 is 14.8 Å². The van der Waals surface area contributed by atoms with E-state index in [1.165, 1.54) is 0 Å². The molecule has 1 aromatic carbocycles. The third kappa shape index (κ3) is 6.77. The van der Waals surface area contributed by atoms with E-state index in [-0.39, 0.29) is 18.2 Å². The van der Waals surface area contributed by atoms with E-state index in [1.807, 2.05) is 39.8 Å². The van der Waals surface area contributed by atoms with Crippen molar-refractivity contribution < 1.29 is 19.1 Å². The monoisotopic (exact) mass is 347 g/mol. The number of alkyl carbamates (subject to hydrolysis) is 1. The van der Waals surface area contributed by atoms with E-state index in [2.05, 4.69) is 5.32 Å². The molecule has 1 saturated carbocycles. The molecule has 25 heavy (non-hydrogen) atoms. The minimum absolute atomic E-state index is 0.0356. The highest BCUT2D eigenvalue weighted by atomic mass is 16.6. The van der Waals surface area contributed by atoms with Crippen LogP contribution in [0.3, 0.4) is 0 Å². The predicted octanol–water partition coefficient (Wildman–Crippen LogP) is 4.24. The summed E-state index contributed by atoms with van der Waals surface area (Å²) in [4.78, 5) is 23.8. The first-order valence-electron chi connectivity index (χ1n) is 8.97. The number of ether oxygens (including phenoxy) is 2. The van der Waals surface area contributed by atoms with Crippen molar-refractivity contribution in [2.24, 2.45) is 5.92 Å². The maximum Gasteiger partial charge on any atom is 0.407 e. The molecule has 0 heterocycles. The normalized spacial score (nSPS) is 20.6. The zero-order valence-electron chi connectivity index (χ0n) is 15.6. The molecular formula is C20H29NO4. The summed E-state index contributed by atoms with van der Waals surface area (Å²) >= 11 is 0. The minimum atomic E-state index is -0.480. The second-order valence-corrected chi connectivity index (χ2v) is 7.80. The fraction of sp³-hybridized carbons (Fsp3) is 0.600. The van der Waals surface area contributed by atoms with Crippen molar-refractivity contribution in [1.82, 2.24) is 5.32 Å². The van der Waals surface area contributed by atoms with Gasteiger partial charge in [0.2, 0.25) is 0 Å². The molecule has 0 radical (unpaired) electrons. The van der Waals surface area contributed by atoms with Crippen LogP contribution in [0.5, 0.6) is 0 Å². The highest BCUT2D eigenvalue weighted by Gasteiger charge is 2.25. The minimum Gasteiger partial charge on any atom is -0.459 e. The maximum atomic E-state index is 12.2. The van der Waals surface area contributed by atoms with Gasteiger partial charge in [0.25, 0.3) is 0 Å². The number of hydrogen-bond acceptors (Lipinski definition) is 4. The molecule has 0 spiro atoms. The highest BCUT2D eigenvalue weighted by molar-refractivity contribution is 5.89. The van der Waals surface area contributed by atoms with Crippen LogP contribution < -0.4 is 5.32 Å². The molecule has 2 rings (SSSR count). The number of rotatable bonds is 4. The molecule has 138 valence electrons. The average molecular weight is 347 g/mol. The van der Waals surface area contributed by atoms with Gasteiger partial charge in [0.1, 0.15) is 11.7 Å². The first kappa shape index (κ1) is 19.3. The third-order valence-corrected chi connectivity index (χ3v) is 4.29. The fourth-order valence-corrected chi connectivity index (χ4v) is 2.90. The Morgan fingerprint density at radius 1 is 1.08 bits per heavy atom. The Kier molecular flexibility index (Phi) is 6.45. The number of benzene rings is 1. The largest absolute Gasteiger partial charge is 0.459 e. The van der Waals surface area contributed by atoms with Crippen molar-refractivity contribution in [3.05, 3.63) is 35.4 Å². The molecule has 1 aromatic rings. The molecule has 0 saturated heterocycles. The first-order valence-corrected chi connectivity index (χ1v) is 8.97. The summed E-state index contributed by atoms with van der Waals surface area (Å²) in [5.74, 6) is 0.150. The van der Waals surface area contributed by atoms with Crippen molar-refractivity contribution in [3.63, 3.8) is 0 Å². The Labute approximate surface area is 150 Å². The van der Waals surface area contributed by atoms with Gasteiger partial charge in [0.15, 0.2) is 0 Å². The van der Waals surface area contributed by atoms with Crippen LogP contribution in [0.1, 0.15) is 62.4 Å². The van der Waals surface area contributed by atoms with Crippen molar-refractivity contribution in [1.29, 1.82) is 0 Å². The van der Waals surface area contributed by atoms with Crippen molar-refractivity contribution in [3.8, 4) is 0 Å². The zero-order valence-corrected chi connectivity index (χ0v) is 15.6. The van der Waals surface area contributed by atoms with Gasteiger partial charge in [-0.15, -0.1) is 0 Å². The van der Waals surface area contributed by atoms with Gasteiger partial charge in [-0.05, 0) is 71.4 Å². The Bertz CT molecular complexity index is 581. The van der Waals surface area contributed by atoms with E-state index in [4.69, 9.17) is 9.47 Å². The van der Waals surface area contributed by atoms with Crippen LogP contribution in [0.2, 0.25) is 0 Å². The van der Waals surface area contributed by atoms with E-state index in [0.717, 1.165) is 31.2 Å². The van der Waals surface area contributed by atoms with E-state index in [1.54, 1.807) is 12.1 Å². The van der Waals surface area contributed by atoms with Crippen LogP contribution in [-0.2, 0) is 9.47 Å². The summed E-state index contributed by atoms with van der Waals surface area (Å²) in [5.41, 5.74) is 1.24. The van der Waals surface area contributed by atoms with Crippen LogP contribution in [0.4, 0.5) is 4.79 Å². The topological polar surface area (TPSA) is 64.6 Å². The van der Waals surface area contributed by atoms with E-state index >= 15 is 0 Å². The maximum absolute atomic E-state index is 12.2. The van der Waals surface area contributed by atoms with Crippen molar-refractivity contribution in [2.75, 3.05) is 6.54 Å². The summed E-state index contributed by atoms with van der Waals surface area (Å²) in [7, 11) is 0. The van der Waals surface area contributed by atoms with Gasteiger partial charge in [-0.3, -0.25) is 0 Å². The lowest BCUT2D eigenvalue weighted by atomic mass is 9.87.